The summed E-state index contributed by atoms with van der Waals surface area (Å²) in [5, 5.41) is 10.8. The minimum absolute atomic E-state index is 0.0286. The van der Waals surface area contributed by atoms with Gasteiger partial charge in [-0.3, -0.25) is 4.79 Å². The molecule has 6 heteroatoms. The van der Waals surface area contributed by atoms with Crippen molar-refractivity contribution in [1.82, 2.24) is 0 Å². The molecule has 0 radical (unpaired) electrons. The lowest BCUT2D eigenvalue weighted by atomic mass is 9.46. The third-order valence-electron chi connectivity index (χ3n) is 7.33. The third-order valence-corrected chi connectivity index (χ3v) is 7.33. The van der Waals surface area contributed by atoms with Gasteiger partial charge in [0.15, 0.2) is 0 Å². The Bertz CT molecular complexity index is 781. The molecule has 0 amide bonds. The van der Waals surface area contributed by atoms with Gasteiger partial charge in [-0.05, 0) is 43.1 Å². The second kappa shape index (κ2) is 6.23. The third kappa shape index (κ3) is 2.49. The first-order chi connectivity index (χ1) is 12.8. The molecule has 3 aliphatic rings. The summed E-state index contributed by atoms with van der Waals surface area (Å²) in [6.07, 6.45) is 6.49. The second-order valence-corrected chi connectivity index (χ2v) is 8.52. The van der Waals surface area contributed by atoms with E-state index in [1.165, 1.54) is 19.6 Å². The van der Waals surface area contributed by atoms with Gasteiger partial charge in [-0.2, -0.15) is 0 Å². The normalized spacial score (nSPS) is 38.6. The quantitative estimate of drug-likeness (QED) is 0.815. The van der Waals surface area contributed by atoms with E-state index in [-0.39, 0.29) is 29.9 Å². The van der Waals surface area contributed by atoms with Crippen LogP contribution in [0.25, 0.3) is 0 Å². The van der Waals surface area contributed by atoms with Crippen LogP contribution in [0.1, 0.15) is 51.2 Å². The maximum Gasteiger partial charge on any atom is 0.334 e. The van der Waals surface area contributed by atoms with E-state index in [0.717, 1.165) is 12.8 Å². The molecule has 6 atom stereocenters. The summed E-state index contributed by atoms with van der Waals surface area (Å²) in [5.41, 5.74) is 0.191. The molecule has 1 aromatic rings. The highest BCUT2D eigenvalue weighted by Gasteiger charge is 2.67. The van der Waals surface area contributed by atoms with Crippen molar-refractivity contribution < 1.29 is 28.6 Å². The van der Waals surface area contributed by atoms with Crippen LogP contribution in [0.5, 0.6) is 0 Å². The van der Waals surface area contributed by atoms with E-state index in [2.05, 4.69) is 6.92 Å². The topological polar surface area (TPSA) is 86.0 Å². The molecule has 0 spiro atoms. The number of ether oxygens (including phenoxy) is 2. The molecule has 1 aromatic heterocycles. The van der Waals surface area contributed by atoms with E-state index < -0.39 is 16.9 Å². The van der Waals surface area contributed by atoms with Crippen LogP contribution in [-0.4, -0.2) is 30.3 Å². The average molecular weight is 374 g/mol. The predicted molar refractivity (Wildman–Crippen MR) is 95.3 cm³/mol. The Labute approximate surface area is 158 Å². The molecule has 2 aliphatic carbocycles. The minimum atomic E-state index is -0.740. The van der Waals surface area contributed by atoms with Gasteiger partial charge in [0.25, 0.3) is 0 Å². The van der Waals surface area contributed by atoms with E-state index in [0.29, 0.717) is 24.0 Å². The van der Waals surface area contributed by atoms with Crippen LogP contribution in [0.15, 0.2) is 34.7 Å². The number of aliphatic hydroxyl groups excluding tert-OH is 1. The molecule has 6 nitrogen and oxygen atoms in total. The van der Waals surface area contributed by atoms with Crippen molar-refractivity contribution in [3.8, 4) is 0 Å². The highest BCUT2D eigenvalue weighted by molar-refractivity contribution is 5.91. The Morgan fingerprint density at radius 2 is 2.22 bits per heavy atom. The van der Waals surface area contributed by atoms with Gasteiger partial charge in [-0.1, -0.05) is 19.9 Å². The second-order valence-electron chi connectivity index (χ2n) is 8.52. The Morgan fingerprint density at radius 3 is 2.89 bits per heavy atom. The Balaban J connectivity index is 1.77. The average Bonchev–Trinajstić information content (AvgIpc) is 3.29. The zero-order valence-electron chi connectivity index (χ0n) is 15.9. The first-order valence-electron chi connectivity index (χ1n) is 9.52. The number of rotatable bonds is 4. The summed E-state index contributed by atoms with van der Waals surface area (Å²) in [4.78, 5) is 25.2. The molecular weight excluding hydrogens is 348 g/mol. The number of hydrogen-bond donors (Lipinski definition) is 1. The highest BCUT2D eigenvalue weighted by Crippen LogP contribution is 2.66. The fourth-order valence-electron chi connectivity index (χ4n) is 5.94. The van der Waals surface area contributed by atoms with Gasteiger partial charge in [0, 0.05) is 16.6 Å². The van der Waals surface area contributed by atoms with Gasteiger partial charge in [-0.25, -0.2) is 4.79 Å². The number of methoxy groups -OCH3 is 1. The van der Waals surface area contributed by atoms with Crippen molar-refractivity contribution in [1.29, 1.82) is 0 Å². The van der Waals surface area contributed by atoms with Crippen molar-refractivity contribution in [2.24, 2.45) is 22.7 Å². The van der Waals surface area contributed by atoms with Gasteiger partial charge >= 0.3 is 11.9 Å². The van der Waals surface area contributed by atoms with Crippen molar-refractivity contribution >= 4 is 11.9 Å². The molecule has 4 rings (SSSR count). The van der Waals surface area contributed by atoms with Crippen molar-refractivity contribution in [2.45, 2.75) is 51.7 Å². The Hall–Kier alpha value is -2.08. The van der Waals surface area contributed by atoms with E-state index in [1.54, 1.807) is 6.07 Å². The molecule has 1 saturated carbocycles. The van der Waals surface area contributed by atoms with Crippen LogP contribution >= 0.6 is 0 Å². The van der Waals surface area contributed by atoms with E-state index in [4.69, 9.17) is 13.9 Å². The standard InChI is InChI=1S/C21H26O6/c1-20(10-15(22)12-7-8-26-11-12)14-9-17(27-19(14)24)21(2)13(18(23)25-3)5-4-6-16(20)21/h5,7-8,11,14-17,22H,4,6,9-10H2,1-3H3. The molecule has 0 aromatic carbocycles. The van der Waals surface area contributed by atoms with Gasteiger partial charge in [0.1, 0.15) is 6.10 Å². The monoisotopic (exact) mass is 374 g/mol. The van der Waals surface area contributed by atoms with E-state index in [1.807, 2.05) is 13.0 Å². The SMILES string of the molecule is COC(=O)C1=CCCC2C(C)(CC(O)c3ccoc3)C3CC(OC3=O)C12C. The van der Waals surface area contributed by atoms with Gasteiger partial charge in [-0.15, -0.1) is 0 Å². The summed E-state index contributed by atoms with van der Waals surface area (Å²) in [7, 11) is 1.38. The maximum absolute atomic E-state index is 12.7. The van der Waals surface area contributed by atoms with Crippen LogP contribution in [0, 0.1) is 22.7 Å². The molecular formula is C21H26O6. The predicted octanol–water partition coefficient (Wildman–Crippen LogP) is 3.17. The van der Waals surface area contributed by atoms with Gasteiger partial charge in [0.05, 0.1) is 31.7 Å². The minimum Gasteiger partial charge on any atom is -0.472 e. The highest BCUT2D eigenvalue weighted by atomic mass is 16.6. The number of esters is 2. The summed E-state index contributed by atoms with van der Waals surface area (Å²) < 4.78 is 15.9. The summed E-state index contributed by atoms with van der Waals surface area (Å²) in [6, 6.07) is 1.74. The fourth-order valence-corrected chi connectivity index (χ4v) is 5.94. The Kier molecular flexibility index (Phi) is 4.22. The number of allylic oxidation sites excluding steroid dienone is 1. The number of carbonyl (C=O) groups excluding carboxylic acids is 2. The van der Waals surface area contributed by atoms with E-state index >= 15 is 0 Å². The number of furan rings is 1. The first kappa shape index (κ1) is 18.3. The fraction of sp³-hybridized carbons (Fsp3) is 0.619. The van der Waals surface area contributed by atoms with Crippen molar-refractivity contribution in [2.75, 3.05) is 7.11 Å². The van der Waals surface area contributed by atoms with Crippen molar-refractivity contribution in [3.05, 3.63) is 35.8 Å². The van der Waals surface area contributed by atoms with Crippen LogP contribution < -0.4 is 0 Å². The van der Waals surface area contributed by atoms with Crippen LogP contribution in [0.2, 0.25) is 0 Å². The first-order valence-corrected chi connectivity index (χ1v) is 9.52. The van der Waals surface area contributed by atoms with Gasteiger partial charge in [0.2, 0.25) is 0 Å². The zero-order chi connectivity index (χ0) is 19.4. The smallest absolute Gasteiger partial charge is 0.334 e. The van der Waals surface area contributed by atoms with Crippen LogP contribution in [0.4, 0.5) is 0 Å². The molecule has 27 heavy (non-hydrogen) atoms. The molecule has 2 bridgehead atoms. The lowest BCUT2D eigenvalue weighted by Crippen LogP contribution is -2.56. The number of aliphatic hydroxyl groups is 1. The van der Waals surface area contributed by atoms with Crippen LogP contribution in [0.3, 0.4) is 0 Å². The summed E-state index contributed by atoms with van der Waals surface area (Å²) in [6.45, 7) is 4.08. The molecule has 1 N–H and O–H groups in total. The molecule has 146 valence electrons. The summed E-state index contributed by atoms with van der Waals surface area (Å²) in [5.74, 6) is -0.831. The lowest BCUT2D eigenvalue weighted by molar-refractivity contribution is -0.148. The molecule has 6 unspecified atom stereocenters. The van der Waals surface area contributed by atoms with E-state index in [9.17, 15) is 14.7 Å². The maximum atomic E-state index is 12.7. The molecule has 1 saturated heterocycles. The number of carbonyl (C=O) groups is 2. The molecule has 2 heterocycles. The lowest BCUT2D eigenvalue weighted by Gasteiger charge is -2.56. The number of hydrogen-bond acceptors (Lipinski definition) is 6. The van der Waals surface area contributed by atoms with Crippen molar-refractivity contribution in [3.63, 3.8) is 0 Å². The Morgan fingerprint density at radius 1 is 1.44 bits per heavy atom. The molecule has 2 fully saturated rings. The largest absolute Gasteiger partial charge is 0.472 e. The summed E-state index contributed by atoms with van der Waals surface area (Å²) >= 11 is 0. The zero-order valence-corrected chi connectivity index (χ0v) is 15.9. The molecule has 1 aliphatic heterocycles. The van der Waals surface area contributed by atoms with Gasteiger partial charge < -0.3 is 19.0 Å². The number of fused-ring (bicyclic) bond motifs is 4. The van der Waals surface area contributed by atoms with Crippen LogP contribution in [-0.2, 0) is 19.1 Å².